The van der Waals surface area contributed by atoms with E-state index in [0.717, 1.165) is 16.9 Å². The van der Waals surface area contributed by atoms with Crippen molar-refractivity contribution in [2.24, 2.45) is 0 Å². The van der Waals surface area contributed by atoms with Gasteiger partial charge < -0.3 is 23.7 Å². The van der Waals surface area contributed by atoms with E-state index in [4.69, 9.17) is 58.5 Å². The van der Waals surface area contributed by atoms with Crippen LogP contribution < -0.4 is 5.32 Å². The summed E-state index contributed by atoms with van der Waals surface area (Å²) in [6.45, 7) is 2.27. The lowest BCUT2D eigenvalue weighted by Gasteiger charge is -2.49. The van der Waals surface area contributed by atoms with Crippen molar-refractivity contribution in [2.75, 3.05) is 19.0 Å². The third kappa shape index (κ3) is 7.65. The molecule has 11 heteroatoms. The minimum Gasteiger partial charge on any atom is -0.445 e. The lowest BCUT2D eigenvalue weighted by Crippen LogP contribution is -2.65. The lowest BCUT2D eigenvalue weighted by atomic mass is 9.98. The van der Waals surface area contributed by atoms with Crippen LogP contribution in [0.1, 0.15) is 24.3 Å². The van der Waals surface area contributed by atoms with Crippen molar-refractivity contribution in [2.45, 2.75) is 53.4 Å². The van der Waals surface area contributed by atoms with Crippen molar-refractivity contribution in [3.63, 3.8) is 0 Å². The number of thioether (sulfide) groups is 1. The maximum Gasteiger partial charge on any atom is 0.409 e. The van der Waals surface area contributed by atoms with E-state index in [1.165, 1.54) is 0 Å². The van der Waals surface area contributed by atoms with Crippen LogP contribution in [-0.2, 0) is 30.3 Å². The number of alkyl halides is 3. The number of hydrogen-bond donors (Lipinski definition) is 1. The van der Waals surface area contributed by atoms with Crippen molar-refractivity contribution < 1.29 is 28.5 Å². The molecule has 2 aliphatic heterocycles. The van der Waals surface area contributed by atoms with Crippen molar-refractivity contribution >= 4 is 52.7 Å². The molecule has 0 unspecified atom stereocenters. The zero-order valence-corrected chi connectivity index (χ0v) is 22.6. The molecule has 0 aromatic heterocycles. The van der Waals surface area contributed by atoms with Crippen LogP contribution in [0, 0.1) is 0 Å². The second kappa shape index (κ2) is 13.0. The first-order valence-corrected chi connectivity index (χ1v) is 13.8. The number of ether oxygens (including phenoxy) is 5. The van der Waals surface area contributed by atoms with Crippen molar-refractivity contribution in [3.05, 3.63) is 71.8 Å². The van der Waals surface area contributed by atoms with Crippen molar-refractivity contribution in [1.82, 2.24) is 5.32 Å². The van der Waals surface area contributed by atoms with Gasteiger partial charge in [-0.1, -0.05) is 102 Å². The Labute approximate surface area is 230 Å². The maximum absolute atomic E-state index is 12.5. The molecule has 1 amide bonds. The molecule has 2 saturated heterocycles. The van der Waals surface area contributed by atoms with E-state index in [-0.39, 0.29) is 11.9 Å². The molecular weight excluding hydrogens is 549 g/mol. The first kappa shape index (κ1) is 27.8. The first-order valence-electron chi connectivity index (χ1n) is 11.6. The van der Waals surface area contributed by atoms with Gasteiger partial charge in [-0.25, -0.2) is 4.79 Å². The monoisotopic (exact) mass is 575 g/mol. The summed E-state index contributed by atoms with van der Waals surface area (Å²) in [6, 6.07) is 19.6. The number of amides is 1. The van der Waals surface area contributed by atoms with E-state index >= 15 is 0 Å². The molecule has 0 bridgehead atoms. The minimum absolute atomic E-state index is 0.264. The number of nitrogens with one attached hydrogen (secondary N) is 1. The standard InChI is InChI=1S/C25H28Cl3NO6S/c1-2-36-21-20(31-13-16-9-5-3-6-10-16)19-18(14-32-23(35-19)17-11-7-4-8-12-17)34-22(21)29-24(30)33-15-25(26,27)28/h3-12,18-23H,2,13-15H2,1H3,(H,29,30)/t18-,19-,20+,21+,22-,23-/m1/s1. The Morgan fingerprint density at radius 1 is 1.08 bits per heavy atom. The molecule has 36 heavy (non-hydrogen) atoms. The average molecular weight is 577 g/mol. The van der Waals surface area contributed by atoms with Crippen LogP contribution >= 0.6 is 46.6 Å². The third-order valence-electron chi connectivity index (χ3n) is 5.67. The molecule has 0 spiro atoms. The van der Waals surface area contributed by atoms with Crippen LogP contribution in [0.4, 0.5) is 4.79 Å². The summed E-state index contributed by atoms with van der Waals surface area (Å²) in [5.74, 6) is 0.761. The van der Waals surface area contributed by atoms with Crippen LogP contribution in [0.25, 0.3) is 0 Å². The number of halogens is 3. The fourth-order valence-electron chi connectivity index (χ4n) is 4.11. The molecule has 2 aromatic rings. The van der Waals surface area contributed by atoms with E-state index in [1.807, 2.05) is 67.6 Å². The third-order valence-corrected chi connectivity index (χ3v) is 7.23. The topological polar surface area (TPSA) is 75.3 Å². The summed E-state index contributed by atoms with van der Waals surface area (Å²) in [6.07, 6.45) is -3.36. The first-order chi connectivity index (χ1) is 17.3. The number of hydrogen-bond acceptors (Lipinski definition) is 7. The van der Waals surface area contributed by atoms with E-state index in [9.17, 15) is 4.79 Å². The Bertz CT molecular complexity index is 967. The van der Waals surface area contributed by atoms with Gasteiger partial charge in [0.1, 0.15) is 31.1 Å². The van der Waals surface area contributed by atoms with E-state index in [0.29, 0.717) is 6.61 Å². The molecule has 196 valence electrons. The Kier molecular flexibility index (Phi) is 10.1. The average Bonchev–Trinajstić information content (AvgIpc) is 2.88. The number of carbonyl (C=O) groups excluding carboxylic acids is 1. The molecule has 0 aliphatic carbocycles. The predicted molar refractivity (Wildman–Crippen MR) is 140 cm³/mol. The highest BCUT2D eigenvalue weighted by atomic mass is 35.6. The molecular formula is C25H28Cl3NO6S. The quantitative estimate of drug-likeness (QED) is 0.408. The second-order valence-electron chi connectivity index (χ2n) is 8.29. The van der Waals surface area contributed by atoms with Gasteiger partial charge in [0, 0.05) is 5.56 Å². The normalized spacial score (nSPS) is 28.2. The van der Waals surface area contributed by atoms with E-state index in [1.54, 1.807) is 11.8 Å². The predicted octanol–water partition coefficient (Wildman–Crippen LogP) is 5.63. The van der Waals surface area contributed by atoms with Gasteiger partial charge in [-0.15, -0.1) is 0 Å². The molecule has 2 fully saturated rings. The van der Waals surface area contributed by atoms with Gasteiger partial charge in [0.25, 0.3) is 0 Å². The SMILES string of the molecule is CCS[C@H]1[C@@H](OCc2ccccc2)[C@@H]2O[C@H](c3ccccc3)OC[C@H]2O[C@H]1NC(=O)OCC(Cl)(Cl)Cl. The van der Waals surface area contributed by atoms with Gasteiger partial charge in [0.05, 0.1) is 18.5 Å². The second-order valence-corrected chi connectivity index (χ2v) is 12.3. The number of rotatable bonds is 8. The number of fused-ring (bicyclic) bond motifs is 1. The van der Waals surface area contributed by atoms with E-state index in [2.05, 4.69) is 5.32 Å². The number of benzene rings is 2. The zero-order valence-electron chi connectivity index (χ0n) is 19.6. The summed E-state index contributed by atoms with van der Waals surface area (Å²) < 4.78 is 28.5. The van der Waals surface area contributed by atoms with Crippen molar-refractivity contribution in [1.29, 1.82) is 0 Å². The Morgan fingerprint density at radius 3 is 2.44 bits per heavy atom. The Balaban J connectivity index is 1.54. The van der Waals surface area contributed by atoms with Gasteiger partial charge in [0.15, 0.2) is 6.29 Å². The maximum atomic E-state index is 12.5. The van der Waals surface area contributed by atoms with Gasteiger partial charge in [-0.05, 0) is 11.3 Å². The molecule has 7 nitrogen and oxygen atoms in total. The van der Waals surface area contributed by atoms with Gasteiger partial charge in [0.2, 0.25) is 3.79 Å². The van der Waals surface area contributed by atoms with Crippen LogP contribution in [0.5, 0.6) is 0 Å². The van der Waals surface area contributed by atoms with Gasteiger partial charge in [-0.2, -0.15) is 11.8 Å². The summed E-state index contributed by atoms with van der Waals surface area (Å²) in [5, 5.41) is 2.46. The summed E-state index contributed by atoms with van der Waals surface area (Å²) in [7, 11) is 0. The molecule has 2 aliphatic rings. The van der Waals surface area contributed by atoms with Crippen LogP contribution in [0.2, 0.25) is 0 Å². The number of alkyl carbamates (subject to hydrolysis) is 1. The highest BCUT2D eigenvalue weighted by Gasteiger charge is 2.51. The summed E-state index contributed by atoms with van der Waals surface area (Å²) in [4.78, 5) is 12.5. The van der Waals surface area contributed by atoms with Crippen LogP contribution in [0.15, 0.2) is 60.7 Å². The smallest absolute Gasteiger partial charge is 0.409 e. The molecule has 4 rings (SSSR count). The Morgan fingerprint density at radius 2 is 1.78 bits per heavy atom. The number of carbonyl (C=O) groups is 1. The largest absolute Gasteiger partial charge is 0.445 e. The molecule has 0 saturated carbocycles. The highest BCUT2D eigenvalue weighted by Crippen LogP contribution is 2.39. The van der Waals surface area contributed by atoms with E-state index < -0.39 is 47.3 Å². The molecule has 2 heterocycles. The summed E-state index contributed by atoms with van der Waals surface area (Å²) in [5.41, 5.74) is 1.94. The molecule has 2 aromatic carbocycles. The van der Waals surface area contributed by atoms with Crippen LogP contribution in [-0.4, -0.2) is 58.6 Å². The zero-order chi connectivity index (χ0) is 25.5. The van der Waals surface area contributed by atoms with Gasteiger partial charge in [-0.3, -0.25) is 5.32 Å². The van der Waals surface area contributed by atoms with Crippen LogP contribution in [0.3, 0.4) is 0 Å². The minimum atomic E-state index is -1.72. The summed E-state index contributed by atoms with van der Waals surface area (Å²) >= 11 is 18.7. The molecule has 0 radical (unpaired) electrons. The lowest BCUT2D eigenvalue weighted by molar-refractivity contribution is -0.315. The Hall–Kier alpha value is -1.23. The molecule has 6 atom stereocenters. The van der Waals surface area contributed by atoms with Crippen molar-refractivity contribution in [3.8, 4) is 0 Å². The highest BCUT2D eigenvalue weighted by molar-refractivity contribution is 8.00. The van der Waals surface area contributed by atoms with Gasteiger partial charge >= 0.3 is 6.09 Å². The molecule has 1 N–H and O–H groups in total. The fourth-order valence-corrected chi connectivity index (χ4v) is 5.39. The fraction of sp³-hybridized carbons (Fsp3) is 0.480.